The van der Waals surface area contributed by atoms with Crippen molar-refractivity contribution in [2.75, 3.05) is 6.54 Å². The van der Waals surface area contributed by atoms with Gasteiger partial charge in [0.2, 0.25) is 0 Å². The van der Waals surface area contributed by atoms with Gasteiger partial charge in [-0.25, -0.2) is 0 Å². The summed E-state index contributed by atoms with van der Waals surface area (Å²) in [5.41, 5.74) is -0.604. The van der Waals surface area contributed by atoms with Crippen molar-refractivity contribution in [2.45, 2.75) is 64.4 Å². The monoisotopic (exact) mass is 201 g/mol. The third-order valence-electron chi connectivity index (χ3n) is 3.06. The van der Waals surface area contributed by atoms with Gasteiger partial charge < -0.3 is 15.2 Å². The maximum absolute atomic E-state index is 10.5. The highest BCUT2D eigenvalue weighted by Crippen LogP contribution is 2.31. The van der Waals surface area contributed by atoms with E-state index in [-0.39, 0.29) is 18.2 Å². The fraction of sp³-hybridized carbons (Fsp3) is 1.00. The Labute approximate surface area is 86.8 Å². The molecule has 3 nitrogen and oxygen atoms in total. The standard InChI is InChI=1S/C11H23NO2/c1-5-12-10(4)11(13)6-8(2)14-9(3)7-11/h8-10,12-13H,5-7H2,1-4H3. The quantitative estimate of drug-likeness (QED) is 0.723. The Kier molecular flexibility index (Phi) is 3.93. The van der Waals surface area contributed by atoms with Crippen molar-refractivity contribution in [3.8, 4) is 0 Å². The van der Waals surface area contributed by atoms with Crippen LogP contribution >= 0.6 is 0 Å². The minimum Gasteiger partial charge on any atom is -0.388 e. The molecule has 0 spiro atoms. The summed E-state index contributed by atoms with van der Waals surface area (Å²) in [6.07, 6.45) is 1.77. The summed E-state index contributed by atoms with van der Waals surface area (Å²) >= 11 is 0. The van der Waals surface area contributed by atoms with Gasteiger partial charge >= 0.3 is 0 Å². The van der Waals surface area contributed by atoms with Gasteiger partial charge in [-0.15, -0.1) is 0 Å². The number of rotatable bonds is 3. The van der Waals surface area contributed by atoms with Crippen LogP contribution in [0.3, 0.4) is 0 Å². The molecule has 0 amide bonds. The lowest BCUT2D eigenvalue weighted by Gasteiger charge is -2.43. The van der Waals surface area contributed by atoms with Gasteiger partial charge in [-0.1, -0.05) is 6.92 Å². The number of likely N-dealkylation sites (N-methyl/N-ethyl adjacent to an activating group) is 1. The summed E-state index contributed by atoms with van der Waals surface area (Å²) < 4.78 is 5.62. The fourth-order valence-corrected chi connectivity index (χ4v) is 2.42. The highest BCUT2D eigenvalue weighted by atomic mass is 16.5. The van der Waals surface area contributed by atoms with Crippen molar-refractivity contribution in [1.29, 1.82) is 0 Å². The zero-order chi connectivity index (χ0) is 10.8. The number of aliphatic hydroxyl groups is 1. The van der Waals surface area contributed by atoms with Crippen molar-refractivity contribution in [2.24, 2.45) is 0 Å². The molecule has 0 aliphatic carbocycles. The van der Waals surface area contributed by atoms with Crippen LogP contribution < -0.4 is 5.32 Å². The van der Waals surface area contributed by atoms with E-state index >= 15 is 0 Å². The summed E-state index contributed by atoms with van der Waals surface area (Å²) in [7, 11) is 0. The molecule has 0 aromatic heterocycles. The number of ether oxygens (including phenoxy) is 1. The lowest BCUT2D eigenvalue weighted by Crippen LogP contribution is -2.55. The van der Waals surface area contributed by atoms with E-state index in [4.69, 9.17) is 4.74 Å². The van der Waals surface area contributed by atoms with Crippen molar-refractivity contribution in [3.05, 3.63) is 0 Å². The van der Waals surface area contributed by atoms with E-state index in [0.29, 0.717) is 0 Å². The molecule has 3 heteroatoms. The highest BCUT2D eigenvalue weighted by molar-refractivity contribution is 4.94. The van der Waals surface area contributed by atoms with Gasteiger partial charge in [0.05, 0.1) is 17.8 Å². The number of hydrogen-bond donors (Lipinski definition) is 2. The maximum Gasteiger partial charge on any atom is 0.0846 e. The first-order chi connectivity index (χ1) is 6.48. The molecule has 0 radical (unpaired) electrons. The van der Waals surface area contributed by atoms with Crippen LogP contribution in [-0.2, 0) is 4.74 Å². The SMILES string of the molecule is CCNC(C)C1(O)CC(C)OC(C)C1. The molecule has 84 valence electrons. The van der Waals surface area contributed by atoms with Gasteiger partial charge in [0.1, 0.15) is 0 Å². The van der Waals surface area contributed by atoms with E-state index in [1.807, 2.05) is 20.8 Å². The first-order valence-electron chi connectivity index (χ1n) is 5.59. The summed E-state index contributed by atoms with van der Waals surface area (Å²) in [5, 5.41) is 13.8. The predicted molar refractivity (Wildman–Crippen MR) is 57.3 cm³/mol. The van der Waals surface area contributed by atoms with E-state index in [1.54, 1.807) is 0 Å². The molecule has 1 heterocycles. The van der Waals surface area contributed by atoms with E-state index < -0.39 is 5.60 Å². The van der Waals surface area contributed by atoms with Crippen molar-refractivity contribution >= 4 is 0 Å². The average molecular weight is 201 g/mol. The number of nitrogens with one attached hydrogen (secondary N) is 1. The van der Waals surface area contributed by atoms with Crippen LogP contribution in [0.2, 0.25) is 0 Å². The highest BCUT2D eigenvalue weighted by Gasteiger charge is 2.40. The van der Waals surface area contributed by atoms with Crippen LogP contribution in [-0.4, -0.2) is 35.5 Å². The lowest BCUT2D eigenvalue weighted by atomic mass is 9.82. The van der Waals surface area contributed by atoms with Crippen LogP contribution in [0.25, 0.3) is 0 Å². The number of hydrogen-bond acceptors (Lipinski definition) is 3. The largest absolute Gasteiger partial charge is 0.388 e. The second-order valence-electron chi connectivity index (χ2n) is 4.55. The molecule has 0 saturated carbocycles. The Morgan fingerprint density at radius 3 is 2.36 bits per heavy atom. The molecule has 3 atom stereocenters. The Balaban J connectivity index is 2.61. The normalized spacial score (nSPS) is 40.9. The molecule has 1 aliphatic heterocycles. The lowest BCUT2D eigenvalue weighted by molar-refractivity contribution is -0.142. The second-order valence-corrected chi connectivity index (χ2v) is 4.55. The minimum atomic E-state index is -0.604. The van der Waals surface area contributed by atoms with Crippen LogP contribution in [0.1, 0.15) is 40.5 Å². The summed E-state index contributed by atoms with van der Waals surface area (Å²) in [4.78, 5) is 0. The summed E-state index contributed by atoms with van der Waals surface area (Å²) in [6.45, 7) is 9.06. The zero-order valence-corrected chi connectivity index (χ0v) is 9.71. The van der Waals surface area contributed by atoms with Gasteiger partial charge in [-0.2, -0.15) is 0 Å². The van der Waals surface area contributed by atoms with Gasteiger partial charge in [0.25, 0.3) is 0 Å². The van der Waals surface area contributed by atoms with Crippen molar-refractivity contribution < 1.29 is 9.84 Å². The molecule has 3 unspecified atom stereocenters. The predicted octanol–water partition coefficient (Wildman–Crippen LogP) is 1.30. The van der Waals surface area contributed by atoms with Crippen LogP contribution in [0, 0.1) is 0 Å². The molecule has 1 saturated heterocycles. The van der Waals surface area contributed by atoms with Gasteiger partial charge in [0, 0.05) is 18.9 Å². The van der Waals surface area contributed by atoms with E-state index in [1.165, 1.54) is 0 Å². The topological polar surface area (TPSA) is 41.5 Å². The first kappa shape index (κ1) is 12.0. The van der Waals surface area contributed by atoms with Gasteiger partial charge in [-0.05, 0) is 27.3 Å². The minimum absolute atomic E-state index is 0.140. The summed E-state index contributed by atoms with van der Waals surface area (Å²) in [6, 6.07) is 0.140. The molecule has 1 aliphatic rings. The molecule has 1 rings (SSSR count). The Morgan fingerprint density at radius 2 is 1.93 bits per heavy atom. The molecule has 1 fully saturated rings. The maximum atomic E-state index is 10.5. The van der Waals surface area contributed by atoms with Crippen molar-refractivity contribution in [3.63, 3.8) is 0 Å². The Morgan fingerprint density at radius 1 is 1.43 bits per heavy atom. The average Bonchev–Trinajstić information content (AvgIpc) is 2.01. The van der Waals surface area contributed by atoms with Gasteiger partial charge in [-0.3, -0.25) is 0 Å². The molecule has 0 bridgehead atoms. The molecule has 2 N–H and O–H groups in total. The second kappa shape index (κ2) is 4.60. The van der Waals surface area contributed by atoms with E-state index in [9.17, 15) is 5.11 Å². The third kappa shape index (κ3) is 2.69. The first-order valence-corrected chi connectivity index (χ1v) is 5.59. The zero-order valence-electron chi connectivity index (χ0n) is 9.71. The molecular formula is C11H23NO2. The smallest absolute Gasteiger partial charge is 0.0846 e. The van der Waals surface area contributed by atoms with E-state index in [2.05, 4.69) is 12.2 Å². The molecule has 0 aromatic rings. The van der Waals surface area contributed by atoms with Crippen LogP contribution in [0.5, 0.6) is 0 Å². The van der Waals surface area contributed by atoms with Crippen LogP contribution in [0.15, 0.2) is 0 Å². The molecule has 0 aromatic carbocycles. The fourth-order valence-electron chi connectivity index (χ4n) is 2.42. The molecule has 14 heavy (non-hydrogen) atoms. The van der Waals surface area contributed by atoms with Gasteiger partial charge in [0.15, 0.2) is 0 Å². The third-order valence-corrected chi connectivity index (χ3v) is 3.06. The van der Waals surface area contributed by atoms with Crippen LogP contribution in [0.4, 0.5) is 0 Å². The molecular weight excluding hydrogens is 178 g/mol. The van der Waals surface area contributed by atoms with E-state index in [0.717, 1.165) is 19.4 Å². The Bertz CT molecular complexity index is 174. The Hall–Kier alpha value is -0.120. The van der Waals surface area contributed by atoms with Crippen molar-refractivity contribution in [1.82, 2.24) is 5.32 Å². The summed E-state index contributed by atoms with van der Waals surface area (Å²) in [5.74, 6) is 0.